The zero-order valence-electron chi connectivity index (χ0n) is 17.3. The molecule has 0 atom stereocenters. The van der Waals surface area contributed by atoms with Gasteiger partial charge in [0.05, 0.1) is 5.75 Å². The molecular formula is C23H26ClN5OS. The van der Waals surface area contributed by atoms with E-state index in [1.165, 1.54) is 43.9 Å². The van der Waals surface area contributed by atoms with Gasteiger partial charge in [-0.3, -0.25) is 14.3 Å². The number of amides is 1. The van der Waals surface area contributed by atoms with Gasteiger partial charge in [-0.2, -0.15) is 0 Å². The standard InChI is InChI=1S/C23H26ClN5OS/c24-18-8-10-20(11-9-18)29-22(17-12-14-25-15-13-17)27-28-23(29)31-16-21(30)26-19-6-4-2-1-3-5-7-19/h8-15,19H,1-7,16H2,(H,26,30). The van der Waals surface area contributed by atoms with Crippen molar-refractivity contribution >= 4 is 29.3 Å². The summed E-state index contributed by atoms with van der Waals surface area (Å²) in [7, 11) is 0. The third-order valence-electron chi connectivity index (χ3n) is 5.46. The topological polar surface area (TPSA) is 72.7 Å². The molecule has 1 fully saturated rings. The highest BCUT2D eigenvalue weighted by molar-refractivity contribution is 7.99. The predicted molar refractivity (Wildman–Crippen MR) is 125 cm³/mol. The fourth-order valence-electron chi connectivity index (χ4n) is 3.87. The summed E-state index contributed by atoms with van der Waals surface area (Å²) in [5, 5.41) is 13.3. The number of carbonyl (C=O) groups is 1. The minimum atomic E-state index is 0.0479. The van der Waals surface area contributed by atoms with Gasteiger partial charge in [0, 0.05) is 34.7 Å². The fourth-order valence-corrected chi connectivity index (χ4v) is 4.76. The zero-order chi connectivity index (χ0) is 21.5. The van der Waals surface area contributed by atoms with E-state index in [1.54, 1.807) is 12.4 Å². The Morgan fingerprint density at radius 2 is 1.68 bits per heavy atom. The number of pyridine rings is 1. The van der Waals surface area contributed by atoms with E-state index >= 15 is 0 Å². The maximum absolute atomic E-state index is 12.6. The summed E-state index contributed by atoms with van der Waals surface area (Å²) >= 11 is 7.48. The number of benzene rings is 1. The average Bonchev–Trinajstić information content (AvgIpc) is 3.19. The molecule has 0 spiro atoms. The summed E-state index contributed by atoms with van der Waals surface area (Å²) in [6, 6.07) is 11.6. The SMILES string of the molecule is O=C(CSc1nnc(-c2ccncc2)n1-c1ccc(Cl)cc1)NC1CCCCCCC1. The Bertz CT molecular complexity index is 985. The van der Waals surface area contributed by atoms with Crippen LogP contribution in [0.25, 0.3) is 17.1 Å². The van der Waals surface area contributed by atoms with Crippen LogP contribution in [0.3, 0.4) is 0 Å². The molecule has 0 unspecified atom stereocenters. The molecule has 162 valence electrons. The number of hydrogen-bond donors (Lipinski definition) is 1. The van der Waals surface area contributed by atoms with Crippen molar-refractivity contribution < 1.29 is 4.79 Å². The lowest BCUT2D eigenvalue weighted by Crippen LogP contribution is -2.36. The summed E-state index contributed by atoms with van der Waals surface area (Å²) in [5.41, 5.74) is 1.80. The molecule has 0 bridgehead atoms. The normalized spacial score (nSPS) is 15.3. The Kier molecular flexibility index (Phi) is 7.59. The Morgan fingerprint density at radius 3 is 2.39 bits per heavy atom. The molecule has 1 aliphatic rings. The van der Waals surface area contributed by atoms with Crippen LogP contribution >= 0.6 is 23.4 Å². The molecule has 0 radical (unpaired) electrons. The monoisotopic (exact) mass is 455 g/mol. The van der Waals surface area contributed by atoms with E-state index in [4.69, 9.17) is 11.6 Å². The molecule has 8 heteroatoms. The summed E-state index contributed by atoms with van der Waals surface area (Å²) < 4.78 is 1.96. The van der Waals surface area contributed by atoms with E-state index in [1.807, 2.05) is 41.0 Å². The first-order chi connectivity index (χ1) is 15.2. The van der Waals surface area contributed by atoms with E-state index in [0.29, 0.717) is 21.8 Å². The number of halogens is 1. The maximum Gasteiger partial charge on any atom is 0.230 e. The highest BCUT2D eigenvalue weighted by Crippen LogP contribution is 2.28. The number of thioether (sulfide) groups is 1. The van der Waals surface area contributed by atoms with Gasteiger partial charge < -0.3 is 5.32 Å². The van der Waals surface area contributed by atoms with Gasteiger partial charge in [-0.05, 0) is 49.2 Å². The Labute approximate surface area is 191 Å². The Hall–Kier alpha value is -2.38. The van der Waals surface area contributed by atoms with Crippen molar-refractivity contribution in [2.45, 2.75) is 56.1 Å². The molecule has 2 aromatic heterocycles. The summed E-state index contributed by atoms with van der Waals surface area (Å²) in [4.78, 5) is 16.7. The van der Waals surface area contributed by atoms with Crippen LogP contribution in [0.2, 0.25) is 5.02 Å². The van der Waals surface area contributed by atoms with E-state index in [2.05, 4.69) is 20.5 Å². The van der Waals surface area contributed by atoms with E-state index in [-0.39, 0.29) is 11.9 Å². The smallest absolute Gasteiger partial charge is 0.230 e. The molecular weight excluding hydrogens is 430 g/mol. The van der Waals surface area contributed by atoms with Gasteiger partial charge in [0.2, 0.25) is 5.91 Å². The molecule has 4 rings (SSSR count). The molecule has 3 aromatic rings. The lowest BCUT2D eigenvalue weighted by Gasteiger charge is -2.20. The van der Waals surface area contributed by atoms with Gasteiger partial charge in [-0.25, -0.2) is 0 Å². The maximum atomic E-state index is 12.6. The van der Waals surface area contributed by atoms with Crippen LogP contribution in [0, 0.1) is 0 Å². The average molecular weight is 456 g/mol. The van der Waals surface area contributed by atoms with Crippen LogP contribution in [0.15, 0.2) is 53.9 Å². The third-order valence-corrected chi connectivity index (χ3v) is 6.64. The van der Waals surface area contributed by atoms with Gasteiger partial charge in [0.15, 0.2) is 11.0 Å². The van der Waals surface area contributed by atoms with Crippen molar-refractivity contribution in [3.63, 3.8) is 0 Å². The molecule has 1 amide bonds. The number of carbonyl (C=O) groups excluding carboxylic acids is 1. The van der Waals surface area contributed by atoms with Gasteiger partial charge in [0.25, 0.3) is 0 Å². The zero-order valence-corrected chi connectivity index (χ0v) is 18.9. The summed E-state index contributed by atoms with van der Waals surface area (Å²) in [6.07, 6.45) is 11.8. The van der Waals surface area contributed by atoms with E-state index in [9.17, 15) is 4.79 Å². The van der Waals surface area contributed by atoms with Crippen molar-refractivity contribution in [2.75, 3.05) is 5.75 Å². The second-order valence-electron chi connectivity index (χ2n) is 7.75. The molecule has 1 saturated carbocycles. The lowest BCUT2D eigenvalue weighted by molar-refractivity contribution is -0.119. The molecule has 1 aromatic carbocycles. The van der Waals surface area contributed by atoms with Gasteiger partial charge in [-0.1, -0.05) is 55.5 Å². The largest absolute Gasteiger partial charge is 0.353 e. The molecule has 1 N–H and O–H groups in total. The van der Waals surface area contributed by atoms with Crippen LogP contribution in [0.5, 0.6) is 0 Å². The number of nitrogens with one attached hydrogen (secondary N) is 1. The quantitative estimate of drug-likeness (QED) is 0.510. The second kappa shape index (κ2) is 10.8. The van der Waals surface area contributed by atoms with Crippen molar-refractivity contribution in [2.24, 2.45) is 0 Å². The number of hydrogen-bond acceptors (Lipinski definition) is 5. The molecule has 6 nitrogen and oxygen atoms in total. The first kappa shape index (κ1) is 21.8. The van der Waals surface area contributed by atoms with E-state index < -0.39 is 0 Å². The van der Waals surface area contributed by atoms with Crippen LogP contribution in [-0.4, -0.2) is 37.5 Å². The lowest BCUT2D eigenvalue weighted by atomic mass is 9.97. The second-order valence-corrected chi connectivity index (χ2v) is 9.13. The molecule has 0 saturated heterocycles. The highest BCUT2D eigenvalue weighted by atomic mass is 35.5. The number of aromatic nitrogens is 4. The Balaban J connectivity index is 1.50. The van der Waals surface area contributed by atoms with E-state index in [0.717, 1.165) is 24.1 Å². The summed E-state index contributed by atoms with van der Waals surface area (Å²) in [6.45, 7) is 0. The van der Waals surface area contributed by atoms with Gasteiger partial charge in [-0.15, -0.1) is 10.2 Å². The minimum absolute atomic E-state index is 0.0479. The van der Waals surface area contributed by atoms with Crippen LogP contribution in [-0.2, 0) is 4.79 Å². The van der Waals surface area contributed by atoms with Crippen LogP contribution in [0.1, 0.15) is 44.9 Å². The van der Waals surface area contributed by atoms with Crippen molar-refractivity contribution in [1.29, 1.82) is 0 Å². The van der Waals surface area contributed by atoms with Crippen molar-refractivity contribution in [3.8, 4) is 17.1 Å². The Morgan fingerprint density at radius 1 is 1.00 bits per heavy atom. The minimum Gasteiger partial charge on any atom is -0.353 e. The number of rotatable bonds is 6. The van der Waals surface area contributed by atoms with Crippen LogP contribution < -0.4 is 5.32 Å². The van der Waals surface area contributed by atoms with Crippen molar-refractivity contribution in [1.82, 2.24) is 25.1 Å². The number of nitrogens with zero attached hydrogens (tertiary/aromatic N) is 4. The molecule has 2 heterocycles. The fraction of sp³-hybridized carbons (Fsp3) is 0.391. The first-order valence-corrected chi connectivity index (χ1v) is 12.1. The first-order valence-electron chi connectivity index (χ1n) is 10.7. The van der Waals surface area contributed by atoms with Crippen molar-refractivity contribution in [3.05, 3.63) is 53.8 Å². The predicted octanol–water partition coefficient (Wildman–Crippen LogP) is 5.30. The summed E-state index contributed by atoms with van der Waals surface area (Å²) in [5.74, 6) is 1.05. The third kappa shape index (κ3) is 5.86. The van der Waals surface area contributed by atoms with Crippen LogP contribution in [0.4, 0.5) is 0 Å². The van der Waals surface area contributed by atoms with Gasteiger partial charge >= 0.3 is 0 Å². The molecule has 1 aliphatic carbocycles. The van der Waals surface area contributed by atoms with Gasteiger partial charge in [0.1, 0.15) is 0 Å². The molecule has 0 aliphatic heterocycles. The highest BCUT2D eigenvalue weighted by Gasteiger charge is 2.19. The molecule has 31 heavy (non-hydrogen) atoms.